The number of rotatable bonds is 3. The lowest BCUT2D eigenvalue weighted by Crippen LogP contribution is -2.30. The lowest BCUT2D eigenvalue weighted by Gasteiger charge is -2.21. The maximum Gasteiger partial charge on any atom is 0.162 e. The lowest BCUT2D eigenvalue weighted by molar-refractivity contribution is 0.297. The zero-order valence-electron chi connectivity index (χ0n) is 11.4. The van der Waals surface area contributed by atoms with E-state index in [1.165, 1.54) is 0 Å². The molecule has 0 spiro atoms. The minimum absolute atomic E-state index is 0.386. The summed E-state index contributed by atoms with van der Waals surface area (Å²) in [5.74, 6) is 1.12. The first-order chi connectivity index (χ1) is 9.30. The first kappa shape index (κ1) is 15.4. The van der Waals surface area contributed by atoms with Gasteiger partial charge in [0.2, 0.25) is 0 Å². The summed E-state index contributed by atoms with van der Waals surface area (Å²) in [6.45, 7) is 2.68. The van der Waals surface area contributed by atoms with Crippen LogP contribution >= 0.6 is 11.6 Å². The summed E-state index contributed by atoms with van der Waals surface area (Å²) in [6, 6.07) is 2.59. The Morgan fingerprint density at radius 2 is 1.80 bits per heavy atom. The van der Waals surface area contributed by atoms with Crippen molar-refractivity contribution in [3.8, 4) is 11.5 Å². The molecular formula is C13H18ClNO4S. The molecule has 0 amide bonds. The van der Waals surface area contributed by atoms with Crippen molar-refractivity contribution in [3.63, 3.8) is 0 Å². The molecule has 5 nitrogen and oxygen atoms in total. The first-order valence-corrected chi connectivity index (χ1v) is 8.67. The molecule has 1 aromatic carbocycles. The molecule has 0 aromatic heterocycles. The van der Waals surface area contributed by atoms with Crippen LogP contribution in [0.5, 0.6) is 11.5 Å². The lowest BCUT2D eigenvalue weighted by atomic mass is 10.0. The molecule has 1 aliphatic heterocycles. The van der Waals surface area contributed by atoms with Crippen molar-refractivity contribution in [2.24, 2.45) is 5.73 Å². The quantitative estimate of drug-likeness (QED) is 0.921. The van der Waals surface area contributed by atoms with Crippen LogP contribution in [0.1, 0.15) is 24.9 Å². The van der Waals surface area contributed by atoms with Crippen LogP contribution < -0.4 is 15.2 Å². The number of halogens is 1. The van der Waals surface area contributed by atoms with Gasteiger partial charge in [-0.05, 0) is 18.6 Å². The van der Waals surface area contributed by atoms with Crippen LogP contribution in [0.4, 0.5) is 0 Å². The van der Waals surface area contributed by atoms with E-state index in [0.29, 0.717) is 35.3 Å². The summed E-state index contributed by atoms with van der Waals surface area (Å²) in [4.78, 5) is 0. The van der Waals surface area contributed by atoms with E-state index >= 15 is 0 Å². The van der Waals surface area contributed by atoms with Gasteiger partial charge in [-0.15, -0.1) is 0 Å². The standard InChI is InChI=1S/C13H18ClNO4S/c1-8(20(2,16)17)13(15)9-6-11-12(7-10(9)14)19-5-3-4-18-11/h6-8,13H,3-5,15H2,1-2H3. The summed E-state index contributed by atoms with van der Waals surface area (Å²) < 4.78 is 34.3. The molecule has 112 valence electrons. The van der Waals surface area contributed by atoms with E-state index in [2.05, 4.69) is 0 Å². The molecule has 20 heavy (non-hydrogen) atoms. The molecule has 0 fully saturated rings. The topological polar surface area (TPSA) is 78.6 Å². The Morgan fingerprint density at radius 1 is 1.25 bits per heavy atom. The van der Waals surface area contributed by atoms with Crippen LogP contribution in [0.3, 0.4) is 0 Å². The van der Waals surface area contributed by atoms with Crippen LogP contribution in [-0.2, 0) is 9.84 Å². The predicted molar refractivity (Wildman–Crippen MR) is 78.3 cm³/mol. The van der Waals surface area contributed by atoms with E-state index in [1.807, 2.05) is 0 Å². The third-order valence-corrected chi connectivity index (χ3v) is 5.38. The van der Waals surface area contributed by atoms with Gasteiger partial charge in [0, 0.05) is 29.8 Å². The minimum atomic E-state index is -3.25. The summed E-state index contributed by atoms with van der Waals surface area (Å²) in [5, 5.41) is -0.345. The maximum absolute atomic E-state index is 11.6. The van der Waals surface area contributed by atoms with Crippen LogP contribution in [0, 0.1) is 0 Å². The summed E-state index contributed by atoms with van der Waals surface area (Å²) in [5.41, 5.74) is 6.59. The second-order valence-corrected chi connectivity index (χ2v) is 7.74. The number of nitrogens with two attached hydrogens (primary N) is 1. The van der Waals surface area contributed by atoms with Crippen molar-refractivity contribution in [3.05, 3.63) is 22.7 Å². The Bertz CT molecular complexity index is 603. The molecule has 2 N–H and O–H groups in total. The largest absolute Gasteiger partial charge is 0.490 e. The molecule has 0 saturated carbocycles. The summed E-state index contributed by atoms with van der Waals surface area (Å²) in [7, 11) is -3.25. The fourth-order valence-electron chi connectivity index (χ4n) is 1.97. The molecule has 0 saturated heterocycles. The van der Waals surface area contributed by atoms with E-state index in [1.54, 1.807) is 19.1 Å². The second kappa shape index (κ2) is 5.79. The molecule has 7 heteroatoms. The molecule has 2 rings (SSSR count). The van der Waals surface area contributed by atoms with Gasteiger partial charge in [0.25, 0.3) is 0 Å². The average Bonchev–Trinajstić information content (AvgIpc) is 2.59. The van der Waals surface area contributed by atoms with Gasteiger partial charge in [0.1, 0.15) is 0 Å². The molecule has 0 aliphatic carbocycles. The zero-order valence-corrected chi connectivity index (χ0v) is 13.0. The van der Waals surface area contributed by atoms with Crippen LogP contribution in [0.25, 0.3) is 0 Å². The highest BCUT2D eigenvalue weighted by molar-refractivity contribution is 7.91. The molecule has 2 atom stereocenters. The van der Waals surface area contributed by atoms with E-state index in [-0.39, 0.29) is 0 Å². The van der Waals surface area contributed by atoms with E-state index in [4.69, 9.17) is 26.8 Å². The van der Waals surface area contributed by atoms with Crippen molar-refractivity contribution in [2.45, 2.75) is 24.6 Å². The minimum Gasteiger partial charge on any atom is -0.490 e. The van der Waals surface area contributed by atoms with E-state index in [9.17, 15) is 8.42 Å². The predicted octanol–water partition coefficient (Wildman–Crippen LogP) is 1.93. The van der Waals surface area contributed by atoms with Crippen molar-refractivity contribution in [2.75, 3.05) is 19.5 Å². The molecule has 0 radical (unpaired) electrons. The molecular weight excluding hydrogens is 302 g/mol. The Hall–Kier alpha value is -0.980. The average molecular weight is 320 g/mol. The third kappa shape index (κ3) is 3.19. The number of ether oxygens (including phenoxy) is 2. The van der Waals surface area contributed by atoms with Crippen LogP contribution in [-0.4, -0.2) is 33.1 Å². The molecule has 1 heterocycles. The van der Waals surface area contributed by atoms with Crippen molar-refractivity contribution in [1.29, 1.82) is 0 Å². The highest BCUT2D eigenvalue weighted by Gasteiger charge is 2.27. The Kier molecular flexibility index (Phi) is 4.46. The van der Waals surface area contributed by atoms with Crippen LogP contribution in [0.15, 0.2) is 12.1 Å². The summed E-state index contributed by atoms with van der Waals surface area (Å²) >= 11 is 6.19. The third-order valence-electron chi connectivity index (χ3n) is 3.41. The van der Waals surface area contributed by atoms with Crippen molar-refractivity contribution < 1.29 is 17.9 Å². The van der Waals surface area contributed by atoms with Gasteiger partial charge < -0.3 is 15.2 Å². The van der Waals surface area contributed by atoms with E-state index < -0.39 is 21.1 Å². The number of fused-ring (bicyclic) bond motifs is 1. The smallest absolute Gasteiger partial charge is 0.162 e. The number of sulfone groups is 1. The summed E-state index contributed by atoms with van der Waals surface area (Å²) in [6.07, 6.45) is 1.95. The molecule has 2 unspecified atom stereocenters. The van der Waals surface area contributed by atoms with Crippen molar-refractivity contribution >= 4 is 21.4 Å². The van der Waals surface area contributed by atoms with Gasteiger partial charge in [-0.2, -0.15) is 0 Å². The van der Waals surface area contributed by atoms with E-state index in [0.717, 1.165) is 12.7 Å². The highest BCUT2D eigenvalue weighted by Crippen LogP contribution is 2.38. The number of benzene rings is 1. The van der Waals surface area contributed by atoms with Gasteiger partial charge in [-0.25, -0.2) is 8.42 Å². The molecule has 1 aliphatic rings. The SMILES string of the molecule is CC(C(N)c1cc2c(cc1Cl)OCCCO2)S(C)(=O)=O. The maximum atomic E-state index is 11.6. The number of hydrogen-bond acceptors (Lipinski definition) is 5. The Labute approximate surface area is 123 Å². The van der Waals surface area contributed by atoms with Gasteiger partial charge in [0.15, 0.2) is 21.3 Å². The Morgan fingerprint density at radius 3 is 2.35 bits per heavy atom. The zero-order chi connectivity index (χ0) is 14.9. The number of hydrogen-bond donors (Lipinski definition) is 1. The highest BCUT2D eigenvalue weighted by atomic mass is 35.5. The molecule has 0 bridgehead atoms. The Balaban J connectivity index is 2.40. The van der Waals surface area contributed by atoms with Crippen molar-refractivity contribution in [1.82, 2.24) is 0 Å². The van der Waals surface area contributed by atoms with Gasteiger partial charge in [-0.1, -0.05) is 11.6 Å². The normalized spacial score (nSPS) is 18.2. The second-order valence-electron chi connectivity index (χ2n) is 4.93. The monoisotopic (exact) mass is 319 g/mol. The fraction of sp³-hybridized carbons (Fsp3) is 0.538. The van der Waals surface area contributed by atoms with Gasteiger partial charge >= 0.3 is 0 Å². The fourth-order valence-corrected chi connectivity index (χ4v) is 2.93. The van der Waals surface area contributed by atoms with Crippen LogP contribution in [0.2, 0.25) is 5.02 Å². The first-order valence-electron chi connectivity index (χ1n) is 6.34. The van der Waals surface area contributed by atoms with Gasteiger partial charge in [-0.3, -0.25) is 0 Å². The molecule has 1 aromatic rings. The van der Waals surface area contributed by atoms with Gasteiger partial charge in [0.05, 0.1) is 18.5 Å².